The summed E-state index contributed by atoms with van der Waals surface area (Å²) in [7, 11) is 0. The Morgan fingerprint density at radius 3 is 2.96 bits per heavy atom. The zero-order valence-corrected chi connectivity index (χ0v) is 15.2. The molecule has 1 aromatic carbocycles. The van der Waals surface area contributed by atoms with Crippen molar-refractivity contribution in [1.29, 1.82) is 0 Å². The van der Waals surface area contributed by atoms with E-state index in [2.05, 4.69) is 20.1 Å². The molecule has 3 heterocycles. The Balaban J connectivity index is 1.56. The Kier molecular flexibility index (Phi) is 4.80. The van der Waals surface area contributed by atoms with Crippen LogP contribution in [0.2, 0.25) is 5.02 Å². The number of rotatable bonds is 2. The molecule has 2 aromatic rings. The van der Waals surface area contributed by atoms with Crippen LogP contribution in [0.5, 0.6) is 0 Å². The molecular formula is C18H21ClFN5O. The van der Waals surface area contributed by atoms with Crippen LogP contribution < -0.4 is 5.32 Å². The van der Waals surface area contributed by atoms with Crippen molar-refractivity contribution >= 4 is 23.3 Å². The fraction of sp³-hybridized carbons (Fsp3) is 0.500. The van der Waals surface area contributed by atoms with Gasteiger partial charge in [0.25, 0.3) is 0 Å². The number of likely N-dealkylation sites (tertiary alicyclic amines) is 1. The molecular weight excluding hydrogens is 357 g/mol. The van der Waals surface area contributed by atoms with Crippen molar-refractivity contribution in [3.8, 4) is 0 Å². The summed E-state index contributed by atoms with van der Waals surface area (Å²) >= 11 is 6.07. The van der Waals surface area contributed by atoms with E-state index in [4.69, 9.17) is 11.6 Å². The Bertz CT molecular complexity index is 824. The molecule has 8 heteroatoms. The minimum atomic E-state index is -0.439. The summed E-state index contributed by atoms with van der Waals surface area (Å²) in [6.45, 7) is 1.53. The number of halogens is 2. The number of aryl methyl sites for hydroxylation is 1. The number of amides is 2. The first-order valence-corrected chi connectivity index (χ1v) is 9.46. The lowest BCUT2D eigenvalue weighted by Gasteiger charge is -2.25. The van der Waals surface area contributed by atoms with Crippen LogP contribution in [-0.2, 0) is 13.0 Å². The fourth-order valence-electron chi connectivity index (χ4n) is 3.81. The highest BCUT2D eigenvalue weighted by molar-refractivity contribution is 6.33. The van der Waals surface area contributed by atoms with Gasteiger partial charge in [-0.25, -0.2) is 9.18 Å². The predicted octanol–water partition coefficient (Wildman–Crippen LogP) is 4.17. The van der Waals surface area contributed by atoms with E-state index >= 15 is 0 Å². The number of carbonyl (C=O) groups excluding carboxylic acids is 1. The van der Waals surface area contributed by atoms with Crippen LogP contribution in [0.4, 0.5) is 14.9 Å². The van der Waals surface area contributed by atoms with Crippen molar-refractivity contribution in [2.45, 2.75) is 51.1 Å². The van der Waals surface area contributed by atoms with Crippen LogP contribution >= 0.6 is 11.6 Å². The Labute approximate surface area is 156 Å². The normalized spacial score (nSPS) is 19.9. The highest BCUT2D eigenvalue weighted by Gasteiger charge is 2.34. The minimum Gasteiger partial charge on any atom is -0.314 e. The van der Waals surface area contributed by atoms with E-state index in [-0.39, 0.29) is 17.8 Å². The van der Waals surface area contributed by atoms with Crippen LogP contribution in [0.15, 0.2) is 18.2 Å². The molecule has 26 heavy (non-hydrogen) atoms. The van der Waals surface area contributed by atoms with E-state index in [1.165, 1.54) is 24.6 Å². The zero-order chi connectivity index (χ0) is 18.1. The van der Waals surface area contributed by atoms with Crippen LogP contribution in [0.3, 0.4) is 0 Å². The van der Waals surface area contributed by atoms with E-state index in [0.717, 1.165) is 50.3 Å². The third-order valence-electron chi connectivity index (χ3n) is 5.12. The third-order valence-corrected chi connectivity index (χ3v) is 5.45. The summed E-state index contributed by atoms with van der Waals surface area (Å²) in [6.07, 6.45) is 6.11. The van der Waals surface area contributed by atoms with Crippen molar-refractivity contribution in [3.63, 3.8) is 0 Å². The van der Waals surface area contributed by atoms with Gasteiger partial charge in [0, 0.05) is 19.5 Å². The fourth-order valence-corrected chi connectivity index (χ4v) is 3.98. The lowest BCUT2D eigenvalue weighted by Crippen LogP contribution is -2.35. The number of hydrogen-bond donors (Lipinski definition) is 1. The Morgan fingerprint density at radius 1 is 1.19 bits per heavy atom. The number of benzene rings is 1. The van der Waals surface area contributed by atoms with Gasteiger partial charge in [0.1, 0.15) is 11.6 Å². The van der Waals surface area contributed by atoms with Gasteiger partial charge in [-0.05, 0) is 43.9 Å². The molecule has 1 atom stereocenters. The maximum Gasteiger partial charge on any atom is 0.322 e. The van der Waals surface area contributed by atoms with Crippen molar-refractivity contribution < 1.29 is 9.18 Å². The van der Waals surface area contributed by atoms with Gasteiger partial charge in [-0.3, -0.25) is 0 Å². The van der Waals surface area contributed by atoms with Gasteiger partial charge in [-0.1, -0.05) is 18.0 Å². The second-order valence-corrected chi connectivity index (χ2v) is 7.25. The number of anilines is 1. The summed E-state index contributed by atoms with van der Waals surface area (Å²) < 4.78 is 15.6. The van der Waals surface area contributed by atoms with E-state index in [9.17, 15) is 9.18 Å². The standard InChI is InChI=1S/C18H21ClFN5O/c19-13-8-7-12(20)11-14(13)21-18(26)24-10-4-5-15(24)17-23-22-16-6-2-1-3-9-25(16)17/h7-8,11,15H,1-6,9-10H2,(H,21,26). The van der Waals surface area contributed by atoms with Crippen LogP contribution in [0.25, 0.3) is 0 Å². The Hall–Kier alpha value is -2.15. The lowest BCUT2D eigenvalue weighted by atomic mass is 10.2. The molecule has 1 fully saturated rings. The number of aromatic nitrogens is 3. The maximum atomic E-state index is 13.5. The summed E-state index contributed by atoms with van der Waals surface area (Å²) in [6, 6.07) is 3.54. The SMILES string of the molecule is O=C(Nc1cc(F)ccc1Cl)N1CCCC1c1nnc2n1CCCCC2. The second kappa shape index (κ2) is 7.23. The number of carbonyl (C=O) groups is 1. The van der Waals surface area contributed by atoms with E-state index in [1.807, 2.05) is 0 Å². The largest absolute Gasteiger partial charge is 0.322 e. The smallest absolute Gasteiger partial charge is 0.314 e. The number of nitrogens with zero attached hydrogens (tertiary/aromatic N) is 4. The average molecular weight is 378 g/mol. The molecule has 1 N–H and O–H groups in total. The molecule has 6 nitrogen and oxygen atoms in total. The van der Waals surface area contributed by atoms with Gasteiger partial charge >= 0.3 is 6.03 Å². The second-order valence-electron chi connectivity index (χ2n) is 6.84. The minimum absolute atomic E-state index is 0.110. The first-order valence-electron chi connectivity index (χ1n) is 9.08. The molecule has 2 aliphatic rings. The van der Waals surface area contributed by atoms with Crippen molar-refractivity contribution in [2.75, 3.05) is 11.9 Å². The molecule has 0 radical (unpaired) electrons. The van der Waals surface area contributed by atoms with Crippen LogP contribution in [0, 0.1) is 5.82 Å². The summed E-state index contributed by atoms with van der Waals surface area (Å²) in [4.78, 5) is 14.5. The van der Waals surface area contributed by atoms with Crippen molar-refractivity contribution in [1.82, 2.24) is 19.7 Å². The molecule has 0 aliphatic carbocycles. The summed E-state index contributed by atoms with van der Waals surface area (Å²) in [5, 5.41) is 11.8. The molecule has 0 saturated carbocycles. The first-order chi connectivity index (χ1) is 12.6. The zero-order valence-electron chi connectivity index (χ0n) is 14.4. The van der Waals surface area contributed by atoms with E-state index < -0.39 is 5.82 Å². The van der Waals surface area contributed by atoms with Crippen molar-refractivity contribution in [3.05, 3.63) is 40.7 Å². The van der Waals surface area contributed by atoms with Gasteiger partial charge in [0.15, 0.2) is 5.82 Å². The van der Waals surface area contributed by atoms with E-state index in [0.29, 0.717) is 11.6 Å². The summed E-state index contributed by atoms with van der Waals surface area (Å²) in [5.74, 6) is 1.43. The van der Waals surface area contributed by atoms with Crippen LogP contribution in [-0.4, -0.2) is 32.2 Å². The number of hydrogen-bond acceptors (Lipinski definition) is 3. The van der Waals surface area contributed by atoms with Crippen LogP contribution in [0.1, 0.15) is 49.8 Å². The number of urea groups is 1. The molecule has 0 spiro atoms. The molecule has 2 amide bonds. The molecule has 2 aliphatic heterocycles. The predicted molar refractivity (Wildman–Crippen MR) is 96.7 cm³/mol. The topological polar surface area (TPSA) is 63.1 Å². The van der Waals surface area contributed by atoms with Crippen molar-refractivity contribution in [2.24, 2.45) is 0 Å². The Morgan fingerprint density at radius 2 is 2.08 bits per heavy atom. The quantitative estimate of drug-likeness (QED) is 0.854. The number of nitrogens with one attached hydrogen (secondary N) is 1. The first kappa shape index (κ1) is 17.3. The monoisotopic (exact) mass is 377 g/mol. The van der Waals surface area contributed by atoms with Gasteiger partial charge in [-0.15, -0.1) is 10.2 Å². The van der Waals surface area contributed by atoms with E-state index in [1.54, 1.807) is 4.90 Å². The molecule has 138 valence electrons. The number of fused-ring (bicyclic) bond motifs is 1. The molecule has 1 saturated heterocycles. The van der Waals surface area contributed by atoms with Gasteiger partial charge < -0.3 is 14.8 Å². The summed E-state index contributed by atoms with van der Waals surface area (Å²) in [5.41, 5.74) is 0.280. The van der Waals surface area contributed by atoms with Gasteiger partial charge in [0.2, 0.25) is 0 Å². The third kappa shape index (κ3) is 3.28. The maximum absolute atomic E-state index is 13.5. The molecule has 1 unspecified atom stereocenters. The lowest BCUT2D eigenvalue weighted by molar-refractivity contribution is 0.203. The highest BCUT2D eigenvalue weighted by Crippen LogP contribution is 2.33. The highest BCUT2D eigenvalue weighted by atomic mass is 35.5. The van der Waals surface area contributed by atoms with Gasteiger partial charge in [-0.2, -0.15) is 0 Å². The molecule has 1 aromatic heterocycles. The van der Waals surface area contributed by atoms with Gasteiger partial charge in [0.05, 0.1) is 16.8 Å². The average Bonchev–Trinajstić information content (AvgIpc) is 3.19. The molecule has 4 rings (SSSR count). The molecule has 0 bridgehead atoms.